The van der Waals surface area contributed by atoms with Crippen molar-refractivity contribution >= 4 is 33.0 Å². The van der Waals surface area contributed by atoms with E-state index in [2.05, 4.69) is 4.72 Å². The van der Waals surface area contributed by atoms with Crippen molar-refractivity contribution in [1.82, 2.24) is 0 Å². The smallest absolute Gasteiger partial charge is 0.269 e. The third-order valence-electron chi connectivity index (χ3n) is 2.86. The maximum Gasteiger partial charge on any atom is 0.269 e. The van der Waals surface area contributed by atoms with Gasteiger partial charge in [-0.15, -0.1) is 0 Å². The van der Waals surface area contributed by atoms with Gasteiger partial charge >= 0.3 is 0 Å². The Morgan fingerprint density at radius 2 is 1.87 bits per heavy atom. The van der Waals surface area contributed by atoms with Gasteiger partial charge in [-0.25, -0.2) is 8.42 Å². The van der Waals surface area contributed by atoms with Gasteiger partial charge in [0.1, 0.15) is 0 Å². The van der Waals surface area contributed by atoms with Crippen LogP contribution in [0.25, 0.3) is 0 Å². The zero-order valence-corrected chi connectivity index (χ0v) is 13.6. The van der Waals surface area contributed by atoms with Crippen LogP contribution in [-0.4, -0.2) is 19.9 Å². The molecule has 2 aromatic carbocycles. The first-order valence-corrected chi connectivity index (χ1v) is 8.40. The maximum absolute atomic E-state index is 12.4. The molecular weight excluding hydrogens is 344 g/mol. The van der Waals surface area contributed by atoms with Gasteiger partial charge < -0.3 is 4.74 Å². The molecule has 0 aliphatic rings. The Balaban J connectivity index is 2.35. The van der Waals surface area contributed by atoms with Crippen LogP contribution in [0.1, 0.15) is 6.92 Å². The lowest BCUT2D eigenvalue weighted by molar-refractivity contribution is -0.384. The van der Waals surface area contributed by atoms with E-state index >= 15 is 0 Å². The number of benzene rings is 2. The highest BCUT2D eigenvalue weighted by molar-refractivity contribution is 7.92. The monoisotopic (exact) mass is 356 g/mol. The van der Waals surface area contributed by atoms with E-state index in [1.807, 2.05) is 0 Å². The van der Waals surface area contributed by atoms with Gasteiger partial charge in [-0.3, -0.25) is 14.8 Å². The molecule has 0 heterocycles. The number of nitrogens with zero attached hydrogens (tertiary/aromatic N) is 1. The molecule has 0 fully saturated rings. The van der Waals surface area contributed by atoms with Crippen molar-refractivity contribution < 1.29 is 18.1 Å². The third-order valence-corrected chi connectivity index (χ3v) is 4.54. The first-order valence-electron chi connectivity index (χ1n) is 6.53. The molecule has 0 aliphatic carbocycles. The summed E-state index contributed by atoms with van der Waals surface area (Å²) in [7, 11) is -3.92. The van der Waals surface area contributed by atoms with Crippen molar-refractivity contribution in [2.75, 3.05) is 11.3 Å². The standard InChI is InChI=1S/C14H13ClN2O5S/c1-2-22-14-12(15)4-3-5-13(14)16-23(20,21)11-8-6-10(7-9-11)17(18)19/h3-9,16H,2H2,1H3. The molecule has 0 atom stereocenters. The summed E-state index contributed by atoms with van der Waals surface area (Å²) in [6.07, 6.45) is 0. The van der Waals surface area contributed by atoms with Crippen LogP contribution in [0.4, 0.5) is 11.4 Å². The summed E-state index contributed by atoms with van der Waals surface area (Å²) in [6, 6.07) is 9.23. The molecule has 0 bridgehead atoms. The van der Waals surface area contributed by atoms with Crippen molar-refractivity contribution in [3.05, 3.63) is 57.6 Å². The first-order chi connectivity index (χ1) is 10.8. The van der Waals surface area contributed by atoms with Crippen LogP contribution in [0.2, 0.25) is 5.02 Å². The molecule has 9 heteroatoms. The third kappa shape index (κ3) is 3.91. The summed E-state index contributed by atoms with van der Waals surface area (Å²) in [5.41, 5.74) is -0.000543. The average molecular weight is 357 g/mol. The first kappa shape index (κ1) is 17.0. The summed E-state index contributed by atoms with van der Waals surface area (Å²) < 4.78 is 32.5. The lowest BCUT2D eigenvalue weighted by atomic mass is 10.3. The van der Waals surface area contributed by atoms with Crippen LogP contribution >= 0.6 is 11.6 Å². The number of halogens is 1. The quantitative estimate of drug-likeness (QED) is 0.631. The Bertz CT molecular complexity index is 822. The van der Waals surface area contributed by atoms with Crippen molar-refractivity contribution in [2.24, 2.45) is 0 Å². The summed E-state index contributed by atoms with van der Waals surface area (Å²) in [5, 5.41) is 10.9. The zero-order valence-electron chi connectivity index (χ0n) is 12.0. The molecule has 7 nitrogen and oxygen atoms in total. The number of ether oxygens (including phenoxy) is 1. The van der Waals surface area contributed by atoms with Crippen molar-refractivity contribution in [2.45, 2.75) is 11.8 Å². The summed E-state index contributed by atoms with van der Waals surface area (Å²) in [4.78, 5) is 9.91. The minimum atomic E-state index is -3.92. The van der Waals surface area contributed by atoms with E-state index in [9.17, 15) is 18.5 Å². The number of nitro benzene ring substituents is 1. The number of nitrogens with one attached hydrogen (secondary N) is 1. The van der Waals surface area contributed by atoms with E-state index < -0.39 is 14.9 Å². The topological polar surface area (TPSA) is 98.5 Å². The summed E-state index contributed by atoms with van der Waals surface area (Å²) in [5.74, 6) is 0.224. The molecular formula is C14H13ClN2O5S. The Morgan fingerprint density at radius 1 is 1.22 bits per heavy atom. The van der Waals surface area contributed by atoms with Gasteiger partial charge in [0.15, 0.2) is 5.75 Å². The summed E-state index contributed by atoms with van der Waals surface area (Å²) >= 11 is 6.00. The number of sulfonamides is 1. The molecule has 0 saturated carbocycles. The Kier molecular flexibility index (Phi) is 5.07. The van der Waals surface area contributed by atoms with Crippen LogP contribution in [-0.2, 0) is 10.0 Å². The van der Waals surface area contributed by atoms with Crippen molar-refractivity contribution in [3.63, 3.8) is 0 Å². The van der Waals surface area contributed by atoms with Crippen LogP contribution < -0.4 is 9.46 Å². The fourth-order valence-electron chi connectivity index (χ4n) is 1.83. The van der Waals surface area contributed by atoms with E-state index in [4.69, 9.17) is 16.3 Å². The molecule has 122 valence electrons. The Morgan fingerprint density at radius 3 is 2.43 bits per heavy atom. The lowest BCUT2D eigenvalue weighted by Gasteiger charge is -2.14. The number of non-ortho nitro benzene ring substituents is 1. The van der Waals surface area contributed by atoms with Crippen LogP contribution in [0.3, 0.4) is 0 Å². The number of hydrogen-bond acceptors (Lipinski definition) is 5. The molecule has 0 amide bonds. The second kappa shape index (κ2) is 6.84. The lowest BCUT2D eigenvalue weighted by Crippen LogP contribution is -2.14. The maximum atomic E-state index is 12.4. The molecule has 2 rings (SSSR count). The fraction of sp³-hybridized carbons (Fsp3) is 0.143. The predicted octanol–water partition coefficient (Wildman–Crippen LogP) is 3.45. The molecule has 0 aliphatic heterocycles. The second-order valence-electron chi connectivity index (χ2n) is 4.41. The highest BCUT2D eigenvalue weighted by Crippen LogP contribution is 2.34. The van der Waals surface area contributed by atoms with E-state index in [0.29, 0.717) is 6.61 Å². The fourth-order valence-corrected chi connectivity index (χ4v) is 3.12. The van der Waals surface area contributed by atoms with Gasteiger partial charge in [0.05, 0.1) is 27.1 Å². The molecule has 2 aromatic rings. The normalized spacial score (nSPS) is 11.0. The molecule has 23 heavy (non-hydrogen) atoms. The minimum absolute atomic E-state index is 0.106. The van der Waals surface area contributed by atoms with Crippen LogP contribution in [0.15, 0.2) is 47.4 Å². The van der Waals surface area contributed by atoms with Crippen LogP contribution in [0, 0.1) is 10.1 Å². The van der Waals surface area contributed by atoms with E-state index in [0.717, 1.165) is 24.3 Å². The number of rotatable bonds is 6. The number of anilines is 1. The number of para-hydroxylation sites is 1. The highest BCUT2D eigenvalue weighted by atomic mass is 35.5. The summed E-state index contributed by atoms with van der Waals surface area (Å²) in [6.45, 7) is 2.06. The van der Waals surface area contributed by atoms with E-state index in [1.165, 1.54) is 6.07 Å². The van der Waals surface area contributed by atoms with Gasteiger partial charge in [-0.2, -0.15) is 0 Å². The largest absolute Gasteiger partial charge is 0.490 e. The van der Waals surface area contributed by atoms with Crippen molar-refractivity contribution in [1.29, 1.82) is 0 Å². The Hall–Kier alpha value is -2.32. The van der Waals surface area contributed by atoms with Gasteiger partial charge in [0.25, 0.3) is 15.7 Å². The molecule has 0 spiro atoms. The minimum Gasteiger partial charge on any atom is -0.490 e. The molecule has 0 unspecified atom stereocenters. The van der Waals surface area contributed by atoms with Crippen molar-refractivity contribution in [3.8, 4) is 5.75 Å². The Labute approximate surface area is 138 Å². The molecule has 1 N–H and O–H groups in total. The highest BCUT2D eigenvalue weighted by Gasteiger charge is 2.19. The van der Waals surface area contributed by atoms with E-state index in [1.54, 1.807) is 19.1 Å². The molecule has 0 saturated heterocycles. The number of nitro groups is 1. The van der Waals surface area contributed by atoms with Gasteiger partial charge in [-0.05, 0) is 31.2 Å². The SMILES string of the molecule is CCOc1c(Cl)cccc1NS(=O)(=O)c1ccc([N+](=O)[O-])cc1. The predicted molar refractivity (Wildman–Crippen MR) is 86.5 cm³/mol. The average Bonchev–Trinajstić information content (AvgIpc) is 2.50. The molecule has 0 radical (unpaired) electrons. The second-order valence-corrected chi connectivity index (χ2v) is 6.50. The zero-order chi connectivity index (χ0) is 17.0. The van der Waals surface area contributed by atoms with E-state index in [-0.39, 0.29) is 27.0 Å². The van der Waals surface area contributed by atoms with Crippen LogP contribution in [0.5, 0.6) is 5.75 Å². The molecule has 0 aromatic heterocycles. The van der Waals surface area contributed by atoms with Gasteiger partial charge in [0, 0.05) is 12.1 Å². The number of hydrogen-bond donors (Lipinski definition) is 1. The van der Waals surface area contributed by atoms with Gasteiger partial charge in [0.2, 0.25) is 0 Å². The van der Waals surface area contributed by atoms with Gasteiger partial charge in [-0.1, -0.05) is 17.7 Å².